The monoisotopic (exact) mass is 266 g/mol. The summed E-state index contributed by atoms with van der Waals surface area (Å²) in [6.45, 7) is 17.7. The van der Waals surface area contributed by atoms with Gasteiger partial charge in [0.25, 0.3) is 0 Å². The highest BCUT2D eigenvalue weighted by molar-refractivity contribution is 5.01. The summed E-state index contributed by atoms with van der Waals surface area (Å²) in [7, 11) is 0. The summed E-state index contributed by atoms with van der Waals surface area (Å²) in [4.78, 5) is 2.60. The van der Waals surface area contributed by atoms with Crippen LogP contribution in [0.3, 0.4) is 0 Å². The van der Waals surface area contributed by atoms with E-state index in [1.807, 2.05) is 0 Å². The predicted octanol–water partition coefficient (Wildman–Crippen LogP) is 3.83. The van der Waals surface area contributed by atoms with E-state index in [0.717, 1.165) is 19.0 Å². The van der Waals surface area contributed by atoms with Crippen LogP contribution in [-0.4, -0.2) is 36.6 Å². The maximum absolute atomic E-state index is 4.23. The van der Waals surface area contributed by atoms with E-state index in [0.29, 0.717) is 0 Å². The van der Waals surface area contributed by atoms with Crippen molar-refractivity contribution in [2.45, 2.75) is 65.3 Å². The van der Waals surface area contributed by atoms with Crippen molar-refractivity contribution in [1.29, 1.82) is 0 Å². The van der Waals surface area contributed by atoms with E-state index in [1.165, 1.54) is 50.8 Å². The van der Waals surface area contributed by atoms with E-state index in [2.05, 4.69) is 44.5 Å². The van der Waals surface area contributed by atoms with Crippen LogP contribution in [0, 0.1) is 5.92 Å². The molecule has 2 heteroatoms. The normalized spacial score (nSPS) is 22.2. The summed E-state index contributed by atoms with van der Waals surface area (Å²) in [6, 6.07) is 0. The van der Waals surface area contributed by atoms with Crippen molar-refractivity contribution in [3.63, 3.8) is 0 Å². The van der Waals surface area contributed by atoms with Crippen molar-refractivity contribution in [3.8, 4) is 0 Å². The van der Waals surface area contributed by atoms with E-state index < -0.39 is 0 Å². The van der Waals surface area contributed by atoms with Crippen LogP contribution in [0.4, 0.5) is 0 Å². The quantitative estimate of drug-likeness (QED) is 0.735. The molecule has 0 bridgehead atoms. The molecular formula is C17H34N2. The molecule has 0 aromatic rings. The molecule has 1 aliphatic rings. The molecule has 19 heavy (non-hydrogen) atoms. The maximum atomic E-state index is 4.23. The van der Waals surface area contributed by atoms with E-state index in [9.17, 15) is 0 Å². The molecule has 0 aromatic heterocycles. The third-order valence-electron chi connectivity index (χ3n) is 3.95. The van der Waals surface area contributed by atoms with Gasteiger partial charge in [-0.15, -0.1) is 0 Å². The molecular weight excluding hydrogens is 232 g/mol. The molecule has 1 rings (SSSR count). The molecule has 0 amide bonds. The minimum absolute atomic E-state index is 0.188. The first-order valence-electron chi connectivity index (χ1n) is 8.04. The highest BCUT2D eigenvalue weighted by atomic mass is 15.1. The van der Waals surface area contributed by atoms with Crippen molar-refractivity contribution in [2.24, 2.45) is 5.92 Å². The van der Waals surface area contributed by atoms with Crippen molar-refractivity contribution < 1.29 is 0 Å². The maximum Gasteiger partial charge on any atom is 0.0202 e. The van der Waals surface area contributed by atoms with Crippen LogP contribution in [0.1, 0.15) is 59.8 Å². The van der Waals surface area contributed by atoms with Crippen LogP contribution in [-0.2, 0) is 0 Å². The van der Waals surface area contributed by atoms with Gasteiger partial charge in [-0.1, -0.05) is 26.3 Å². The Kier molecular flexibility index (Phi) is 7.09. The van der Waals surface area contributed by atoms with Gasteiger partial charge in [0.05, 0.1) is 0 Å². The molecule has 0 radical (unpaired) electrons. The summed E-state index contributed by atoms with van der Waals surface area (Å²) >= 11 is 0. The Labute approximate surface area is 120 Å². The van der Waals surface area contributed by atoms with E-state index in [4.69, 9.17) is 0 Å². The fourth-order valence-electron chi connectivity index (χ4n) is 2.84. The molecule has 0 spiro atoms. The third kappa shape index (κ3) is 7.74. The summed E-state index contributed by atoms with van der Waals surface area (Å²) in [5, 5.41) is 3.53. The lowest BCUT2D eigenvalue weighted by Gasteiger charge is -2.25. The Bertz CT molecular complexity index is 265. The van der Waals surface area contributed by atoms with E-state index in [-0.39, 0.29) is 5.54 Å². The number of hydrogen-bond donors (Lipinski definition) is 1. The number of likely N-dealkylation sites (tertiary alicyclic amines) is 1. The topological polar surface area (TPSA) is 15.3 Å². The predicted molar refractivity (Wildman–Crippen MR) is 85.6 cm³/mol. The Morgan fingerprint density at radius 1 is 1.26 bits per heavy atom. The van der Waals surface area contributed by atoms with Crippen LogP contribution in [0.15, 0.2) is 12.2 Å². The molecule has 1 fully saturated rings. The first-order valence-corrected chi connectivity index (χ1v) is 8.04. The Morgan fingerprint density at radius 3 is 2.63 bits per heavy atom. The molecule has 1 unspecified atom stereocenters. The summed E-state index contributed by atoms with van der Waals surface area (Å²) in [6.07, 6.45) is 6.93. The van der Waals surface area contributed by atoms with Gasteiger partial charge in [-0.05, 0) is 64.6 Å². The zero-order valence-electron chi connectivity index (χ0n) is 13.6. The van der Waals surface area contributed by atoms with Crippen LogP contribution in [0.25, 0.3) is 0 Å². The molecule has 0 aromatic carbocycles. The van der Waals surface area contributed by atoms with Gasteiger partial charge in [0.2, 0.25) is 0 Å². The Balaban J connectivity index is 2.27. The van der Waals surface area contributed by atoms with Crippen LogP contribution >= 0.6 is 0 Å². The largest absolute Gasteiger partial charge is 0.308 e. The molecule has 0 saturated carbocycles. The zero-order chi connectivity index (χ0) is 14.3. The minimum Gasteiger partial charge on any atom is -0.308 e. The fourth-order valence-corrected chi connectivity index (χ4v) is 2.84. The van der Waals surface area contributed by atoms with Crippen molar-refractivity contribution in [3.05, 3.63) is 12.2 Å². The lowest BCUT2D eigenvalue weighted by atomic mass is 9.96. The molecule has 1 N–H and O–H groups in total. The number of hydrogen-bond acceptors (Lipinski definition) is 2. The van der Waals surface area contributed by atoms with Crippen molar-refractivity contribution in [1.82, 2.24) is 10.2 Å². The van der Waals surface area contributed by atoms with E-state index >= 15 is 0 Å². The van der Waals surface area contributed by atoms with E-state index in [1.54, 1.807) is 0 Å². The smallest absolute Gasteiger partial charge is 0.0202 e. The second-order valence-corrected chi connectivity index (χ2v) is 7.22. The zero-order valence-corrected chi connectivity index (χ0v) is 13.6. The summed E-state index contributed by atoms with van der Waals surface area (Å²) in [5.41, 5.74) is 1.51. The molecule has 112 valence electrons. The van der Waals surface area contributed by atoms with Gasteiger partial charge < -0.3 is 5.32 Å². The molecule has 1 heterocycles. The Hall–Kier alpha value is -0.340. The van der Waals surface area contributed by atoms with Gasteiger partial charge in [0.15, 0.2) is 0 Å². The first kappa shape index (κ1) is 16.7. The standard InChI is InChI=1S/C17H34N2/c1-6-8-16-9-7-11-19(12-10-16)14-15(2)13-18-17(3,4)5/h16,18H,2,6-14H2,1,3-5H3. The van der Waals surface area contributed by atoms with Crippen molar-refractivity contribution in [2.75, 3.05) is 26.2 Å². The highest BCUT2D eigenvalue weighted by Gasteiger charge is 2.17. The molecule has 1 atom stereocenters. The molecule has 0 aliphatic carbocycles. The average Bonchev–Trinajstić information content (AvgIpc) is 2.52. The fraction of sp³-hybridized carbons (Fsp3) is 0.882. The third-order valence-corrected chi connectivity index (χ3v) is 3.95. The lowest BCUT2D eigenvalue weighted by molar-refractivity contribution is 0.297. The average molecular weight is 266 g/mol. The van der Waals surface area contributed by atoms with Gasteiger partial charge in [-0.25, -0.2) is 0 Å². The number of nitrogens with zero attached hydrogens (tertiary/aromatic N) is 1. The minimum atomic E-state index is 0.188. The van der Waals surface area contributed by atoms with Crippen LogP contribution < -0.4 is 5.32 Å². The van der Waals surface area contributed by atoms with Crippen LogP contribution in [0.5, 0.6) is 0 Å². The van der Waals surface area contributed by atoms with Gasteiger partial charge >= 0.3 is 0 Å². The van der Waals surface area contributed by atoms with Gasteiger partial charge in [0.1, 0.15) is 0 Å². The number of rotatable bonds is 6. The van der Waals surface area contributed by atoms with Crippen LogP contribution in [0.2, 0.25) is 0 Å². The molecule has 2 nitrogen and oxygen atoms in total. The van der Waals surface area contributed by atoms with Crippen molar-refractivity contribution >= 4 is 0 Å². The molecule has 1 aliphatic heterocycles. The highest BCUT2D eigenvalue weighted by Crippen LogP contribution is 2.22. The lowest BCUT2D eigenvalue weighted by Crippen LogP contribution is -2.39. The Morgan fingerprint density at radius 2 is 2.00 bits per heavy atom. The first-order chi connectivity index (χ1) is 8.90. The number of nitrogens with one attached hydrogen (secondary N) is 1. The van der Waals surface area contributed by atoms with Gasteiger partial charge in [0, 0.05) is 18.6 Å². The second kappa shape index (κ2) is 8.06. The van der Waals surface area contributed by atoms with Gasteiger partial charge in [-0.2, -0.15) is 0 Å². The van der Waals surface area contributed by atoms with Gasteiger partial charge in [-0.3, -0.25) is 4.90 Å². The molecule has 1 saturated heterocycles. The SMILES string of the molecule is C=C(CNC(C)(C)C)CN1CCCC(CCC)CC1. The summed E-state index contributed by atoms with van der Waals surface area (Å²) in [5.74, 6) is 0.968. The summed E-state index contributed by atoms with van der Waals surface area (Å²) < 4.78 is 0. The second-order valence-electron chi connectivity index (χ2n) is 7.22.